The molecule has 114 valence electrons. The van der Waals surface area contributed by atoms with Crippen LogP contribution in [0.15, 0.2) is 24.3 Å². The first-order valence-corrected chi connectivity index (χ1v) is 7.39. The van der Waals surface area contributed by atoms with Crippen LogP contribution < -0.4 is 5.32 Å². The maximum Gasteiger partial charge on any atom is 0.227 e. The van der Waals surface area contributed by atoms with Crippen LogP contribution in [0.5, 0.6) is 5.75 Å². The second-order valence-corrected chi connectivity index (χ2v) is 5.43. The van der Waals surface area contributed by atoms with Crippen LogP contribution in [-0.2, 0) is 9.59 Å². The van der Waals surface area contributed by atoms with E-state index in [4.69, 9.17) is 0 Å². The summed E-state index contributed by atoms with van der Waals surface area (Å²) in [5, 5.41) is 12.3. The Balaban J connectivity index is 2.11. The van der Waals surface area contributed by atoms with E-state index < -0.39 is 0 Å². The van der Waals surface area contributed by atoms with E-state index >= 15 is 0 Å². The number of phenols is 1. The van der Waals surface area contributed by atoms with Gasteiger partial charge in [0.2, 0.25) is 11.8 Å². The Morgan fingerprint density at radius 1 is 1.52 bits per heavy atom. The molecule has 1 aliphatic rings. The zero-order valence-electron chi connectivity index (χ0n) is 12.5. The van der Waals surface area contributed by atoms with Crippen molar-refractivity contribution in [1.29, 1.82) is 0 Å². The molecule has 1 aromatic carbocycles. The summed E-state index contributed by atoms with van der Waals surface area (Å²) in [4.78, 5) is 25.6. The van der Waals surface area contributed by atoms with Crippen molar-refractivity contribution in [3.05, 3.63) is 29.8 Å². The zero-order chi connectivity index (χ0) is 15.4. The molecular formula is C16H22N2O3. The maximum atomic E-state index is 12.6. The van der Waals surface area contributed by atoms with E-state index in [2.05, 4.69) is 5.32 Å². The summed E-state index contributed by atoms with van der Waals surface area (Å²) in [6, 6.07) is 6.88. The Morgan fingerprint density at radius 3 is 2.86 bits per heavy atom. The van der Waals surface area contributed by atoms with Crippen LogP contribution in [0.2, 0.25) is 0 Å². The van der Waals surface area contributed by atoms with Crippen molar-refractivity contribution in [2.75, 3.05) is 13.1 Å². The van der Waals surface area contributed by atoms with Gasteiger partial charge in [0, 0.05) is 19.5 Å². The van der Waals surface area contributed by atoms with Gasteiger partial charge in [-0.05, 0) is 38.0 Å². The van der Waals surface area contributed by atoms with Crippen molar-refractivity contribution < 1.29 is 14.7 Å². The molecule has 21 heavy (non-hydrogen) atoms. The lowest BCUT2D eigenvalue weighted by atomic mass is 9.96. The average Bonchev–Trinajstić information content (AvgIpc) is 2.48. The number of hydrogen-bond donors (Lipinski definition) is 2. The normalized spacial score (nSPS) is 19.7. The van der Waals surface area contributed by atoms with E-state index in [0.29, 0.717) is 25.9 Å². The molecule has 1 fully saturated rings. The minimum Gasteiger partial charge on any atom is -0.508 e. The van der Waals surface area contributed by atoms with Gasteiger partial charge in [0.05, 0.1) is 12.0 Å². The lowest BCUT2D eigenvalue weighted by Gasteiger charge is -2.33. The van der Waals surface area contributed by atoms with Crippen molar-refractivity contribution >= 4 is 11.8 Å². The Morgan fingerprint density at radius 2 is 2.29 bits per heavy atom. The number of phenolic OH excluding ortho intramolecular Hbond substituents is 1. The van der Waals surface area contributed by atoms with Gasteiger partial charge in [0.15, 0.2) is 0 Å². The molecule has 2 atom stereocenters. The summed E-state index contributed by atoms with van der Waals surface area (Å²) in [6.07, 6.45) is 1.02. The van der Waals surface area contributed by atoms with Crippen molar-refractivity contribution in [1.82, 2.24) is 10.2 Å². The lowest BCUT2D eigenvalue weighted by molar-refractivity contribution is -0.139. The standard InChI is InChI=1S/C16H22N2O3/c1-3-18(11(2)12-5-4-6-14(19)9-12)16(21)13-7-8-15(20)17-10-13/h4-6,9,11,13,19H,3,7-8,10H2,1-2H3,(H,17,20). The summed E-state index contributed by atoms with van der Waals surface area (Å²) in [7, 11) is 0. The maximum absolute atomic E-state index is 12.6. The van der Waals surface area contributed by atoms with E-state index in [1.807, 2.05) is 19.9 Å². The summed E-state index contributed by atoms with van der Waals surface area (Å²) in [5.74, 6) is 0.131. The van der Waals surface area contributed by atoms with Crippen molar-refractivity contribution in [2.24, 2.45) is 5.92 Å². The van der Waals surface area contributed by atoms with E-state index in [-0.39, 0.29) is 29.5 Å². The minimum atomic E-state index is -0.151. The SMILES string of the molecule is CCN(C(=O)C1CCC(=O)NC1)C(C)c1cccc(O)c1. The number of benzene rings is 1. The number of nitrogens with zero attached hydrogens (tertiary/aromatic N) is 1. The zero-order valence-corrected chi connectivity index (χ0v) is 12.5. The van der Waals surface area contributed by atoms with Gasteiger partial charge < -0.3 is 15.3 Å². The first-order valence-electron chi connectivity index (χ1n) is 7.39. The van der Waals surface area contributed by atoms with Crippen molar-refractivity contribution in [2.45, 2.75) is 32.7 Å². The van der Waals surface area contributed by atoms with E-state index in [0.717, 1.165) is 5.56 Å². The Hall–Kier alpha value is -2.04. The van der Waals surface area contributed by atoms with Gasteiger partial charge in [-0.15, -0.1) is 0 Å². The van der Waals surface area contributed by atoms with Crippen LogP contribution in [-0.4, -0.2) is 34.9 Å². The number of piperidine rings is 1. The molecule has 2 amide bonds. The number of carbonyl (C=O) groups excluding carboxylic acids is 2. The highest BCUT2D eigenvalue weighted by atomic mass is 16.3. The third kappa shape index (κ3) is 3.54. The molecule has 0 spiro atoms. The quantitative estimate of drug-likeness (QED) is 0.889. The summed E-state index contributed by atoms with van der Waals surface area (Å²) in [5.41, 5.74) is 0.907. The molecular weight excluding hydrogens is 268 g/mol. The Labute approximate surface area is 125 Å². The highest BCUT2D eigenvalue weighted by Crippen LogP contribution is 2.26. The molecule has 2 N–H and O–H groups in total. The predicted octanol–water partition coefficient (Wildman–Crippen LogP) is 1.83. The fourth-order valence-electron chi connectivity index (χ4n) is 2.76. The predicted molar refractivity (Wildman–Crippen MR) is 79.6 cm³/mol. The van der Waals surface area contributed by atoms with Gasteiger partial charge in [-0.2, -0.15) is 0 Å². The van der Waals surface area contributed by atoms with Crippen LogP contribution in [0.25, 0.3) is 0 Å². The monoisotopic (exact) mass is 290 g/mol. The summed E-state index contributed by atoms with van der Waals surface area (Å²) in [6.45, 7) is 4.91. The van der Waals surface area contributed by atoms with E-state index in [1.54, 1.807) is 23.1 Å². The van der Waals surface area contributed by atoms with Gasteiger partial charge in [0.25, 0.3) is 0 Å². The van der Waals surface area contributed by atoms with Crippen molar-refractivity contribution in [3.8, 4) is 5.75 Å². The van der Waals surface area contributed by atoms with Crippen LogP contribution >= 0.6 is 0 Å². The molecule has 2 unspecified atom stereocenters. The van der Waals surface area contributed by atoms with E-state index in [1.165, 1.54) is 0 Å². The number of hydrogen-bond acceptors (Lipinski definition) is 3. The lowest BCUT2D eigenvalue weighted by Crippen LogP contribution is -2.45. The number of amides is 2. The molecule has 0 bridgehead atoms. The summed E-state index contributed by atoms with van der Waals surface area (Å²) >= 11 is 0. The number of carbonyl (C=O) groups is 2. The van der Waals surface area contributed by atoms with Crippen LogP contribution in [0.1, 0.15) is 38.3 Å². The fourth-order valence-corrected chi connectivity index (χ4v) is 2.76. The largest absolute Gasteiger partial charge is 0.508 e. The number of aromatic hydroxyl groups is 1. The second-order valence-electron chi connectivity index (χ2n) is 5.43. The van der Waals surface area contributed by atoms with Crippen LogP contribution in [0.3, 0.4) is 0 Å². The van der Waals surface area contributed by atoms with Crippen LogP contribution in [0, 0.1) is 5.92 Å². The third-order valence-corrected chi connectivity index (χ3v) is 4.06. The van der Waals surface area contributed by atoms with Gasteiger partial charge in [-0.3, -0.25) is 9.59 Å². The third-order valence-electron chi connectivity index (χ3n) is 4.06. The Kier molecular flexibility index (Phi) is 4.83. The van der Waals surface area contributed by atoms with Crippen LogP contribution in [0.4, 0.5) is 0 Å². The summed E-state index contributed by atoms with van der Waals surface area (Å²) < 4.78 is 0. The molecule has 1 aromatic rings. The molecule has 1 heterocycles. The number of nitrogens with one attached hydrogen (secondary N) is 1. The highest BCUT2D eigenvalue weighted by Gasteiger charge is 2.30. The van der Waals surface area contributed by atoms with Gasteiger partial charge in [-0.25, -0.2) is 0 Å². The highest BCUT2D eigenvalue weighted by molar-refractivity contribution is 5.84. The second kappa shape index (κ2) is 6.61. The molecule has 2 rings (SSSR count). The molecule has 0 saturated carbocycles. The molecule has 0 aromatic heterocycles. The molecule has 0 aliphatic carbocycles. The fraction of sp³-hybridized carbons (Fsp3) is 0.500. The molecule has 5 heteroatoms. The van der Waals surface area contributed by atoms with Gasteiger partial charge in [0.1, 0.15) is 5.75 Å². The molecule has 5 nitrogen and oxygen atoms in total. The topological polar surface area (TPSA) is 69.6 Å². The number of rotatable bonds is 4. The smallest absolute Gasteiger partial charge is 0.227 e. The minimum absolute atomic E-state index is 0.0168. The van der Waals surface area contributed by atoms with Gasteiger partial charge in [-0.1, -0.05) is 12.1 Å². The van der Waals surface area contributed by atoms with Crippen molar-refractivity contribution in [3.63, 3.8) is 0 Å². The first-order chi connectivity index (χ1) is 10.0. The average molecular weight is 290 g/mol. The van der Waals surface area contributed by atoms with E-state index in [9.17, 15) is 14.7 Å². The van der Waals surface area contributed by atoms with Gasteiger partial charge >= 0.3 is 0 Å². The molecule has 1 aliphatic heterocycles. The first kappa shape index (κ1) is 15.4. The molecule has 0 radical (unpaired) electrons. The Bertz CT molecular complexity index is 520. The molecule has 1 saturated heterocycles.